The van der Waals surface area contributed by atoms with Gasteiger partial charge in [0.2, 0.25) is 0 Å². The first-order valence-electron chi connectivity index (χ1n) is 6.71. The molecule has 2 heterocycles. The first kappa shape index (κ1) is 12.3. The molecule has 1 saturated heterocycles. The Bertz CT molecular complexity index is 461. The highest BCUT2D eigenvalue weighted by atomic mass is 16.5. The lowest BCUT2D eigenvalue weighted by Gasteiger charge is -2.44. The normalized spacial score (nSPS) is 26.8. The van der Waals surface area contributed by atoms with Crippen molar-refractivity contribution >= 4 is 11.8 Å². The molecule has 2 unspecified atom stereocenters. The van der Waals surface area contributed by atoms with Crippen molar-refractivity contribution in [3.8, 4) is 0 Å². The number of hydrogen-bond donors (Lipinski definition) is 1. The van der Waals surface area contributed by atoms with Crippen LogP contribution >= 0.6 is 0 Å². The molecule has 2 atom stereocenters. The van der Waals surface area contributed by atoms with Gasteiger partial charge in [-0.2, -0.15) is 0 Å². The minimum absolute atomic E-state index is 0.0165. The number of aromatic nitrogens is 2. The molecule has 0 aromatic carbocycles. The van der Waals surface area contributed by atoms with E-state index in [4.69, 9.17) is 9.84 Å². The van der Waals surface area contributed by atoms with E-state index in [1.54, 1.807) is 6.07 Å². The van der Waals surface area contributed by atoms with Crippen LogP contribution < -0.4 is 4.90 Å². The third-order valence-electron chi connectivity index (χ3n) is 3.90. The van der Waals surface area contributed by atoms with Crippen LogP contribution in [0, 0.1) is 0 Å². The summed E-state index contributed by atoms with van der Waals surface area (Å²) in [5.41, 5.74) is -0.0165. The number of anilines is 1. The van der Waals surface area contributed by atoms with Crippen LogP contribution in [0.3, 0.4) is 0 Å². The summed E-state index contributed by atoms with van der Waals surface area (Å²) in [7, 11) is 0. The standard InChI is InChI=1S/C13H17N3O3/c17-13(18)9-5-6-12(15-14-9)16-7-8-19-11-4-2-1-3-10(11)16/h5-6,10-11H,1-4,7-8H2,(H,17,18). The maximum Gasteiger partial charge on any atom is 0.356 e. The van der Waals surface area contributed by atoms with Gasteiger partial charge in [0.1, 0.15) is 0 Å². The lowest BCUT2D eigenvalue weighted by atomic mass is 9.90. The number of nitrogens with zero attached hydrogens (tertiary/aromatic N) is 3. The minimum atomic E-state index is -1.04. The molecule has 6 nitrogen and oxygen atoms in total. The van der Waals surface area contributed by atoms with Gasteiger partial charge >= 0.3 is 5.97 Å². The van der Waals surface area contributed by atoms with E-state index in [-0.39, 0.29) is 11.8 Å². The molecule has 1 saturated carbocycles. The first-order chi connectivity index (χ1) is 9.25. The van der Waals surface area contributed by atoms with E-state index in [0.29, 0.717) is 12.6 Å². The van der Waals surface area contributed by atoms with Crippen molar-refractivity contribution in [3.63, 3.8) is 0 Å². The lowest BCUT2D eigenvalue weighted by molar-refractivity contribution is -0.00905. The maximum absolute atomic E-state index is 10.8. The molecule has 2 aliphatic rings. The van der Waals surface area contributed by atoms with Gasteiger partial charge in [-0.25, -0.2) is 4.79 Å². The van der Waals surface area contributed by atoms with Crippen molar-refractivity contribution in [2.75, 3.05) is 18.1 Å². The molecule has 3 rings (SSSR count). The van der Waals surface area contributed by atoms with Crippen LogP contribution in [-0.4, -0.2) is 46.6 Å². The Labute approximate surface area is 111 Å². The number of aromatic carboxylic acids is 1. The van der Waals surface area contributed by atoms with Gasteiger partial charge in [-0.15, -0.1) is 10.2 Å². The number of hydrogen-bond acceptors (Lipinski definition) is 5. The number of morpholine rings is 1. The summed E-state index contributed by atoms with van der Waals surface area (Å²) in [4.78, 5) is 13.0. The smallest absolute Gasteiger partial charge is 0.356 e. The Kier molecular flexibility index (Phi) is 3.33. The van der Waals surface area contributed by atoms with Gasteiger partial charge in [0.25, 0.3) is 0 Å². The van der Waals surface area contributed by atoms with Crippen LogP contribution in [0.15, 0.2) is 12.1 Å². The number of carboxylic acid groups (broad SMARTS) is 1. The summed E-state index contributed by atoms with van der Waals surface area (Å²) in [6, 6.07) is 3.61. The maximum atomic E-state index is 10.8. The van der Waals surface area contributed by atoms with Gasteiger partial charge in [0.05, 0.1) is 18.8 Å². The molecule has 0 radical (unpaired) electrons. The lowest BCUT2D eigenvalue weighted by Crippen LogP contribution is -2.53. The van der Waals surface area contributed by atoms with Crippen molar-refractivity contribution in [1.29, 1.82) is 0 Å². The number of fused-ring (bicyclic) bond motifs is 1. The van der Waals surface area contributed by atoms with E-state index >= 15 is 0 Å². The van der Waals surface area contributed by atoms with Gasteiger partial charge in [-0.05, 0) is 25.0 Å². The molecule has 1 aliphatic heterocycles. The fourth-order valence-corrected chi connectivity index (χ4v) is 2.97. The molecule has 102 valence electrons. The van der Waals surface area contributed by atoms with Gasteiger partial charge < -0.3 is 14.7 Å². The molecule has 1 aliphatic carbocycles. The van der Waals surface area contributed by atoms with Crippen molar-refractivity contribution in [1.82, 2.24) is 10.2 Å². The summed E-state index contributed by atoms with van der Waals surface area (Å²) in [6.45, 7) is 1.49. The summed E-state index contributed by atoms with van der Waals surface area (Å²) >= 11 is 0. The van der Waals surface area contributed by atoms with E-state index in [2.05, 4.69) is 15.1 Å². The molecular formula is C13H17N3O3. The van der Waals surface area contributed by atoms with Crippen molar-refractivity contribution in [3.05, 3.63) is 17.8 Å². The second-order valence-electron chi connectivity index (χ2n) is 5.04. The summed E-state index contributed by atoms with van der Waals surface area (Å²) < 4.78 is 5.81. The number of carboxylic acids is 1. The topological polar surface area (TPSA) is 75.5 Å². The Hall–Kier alpha value is -1.69. The average Bonchev–Trinajstić information content (AvgIpc) is 2.47. The number of ether oxygens (including phenoxy) is 1. The molecule has 6 heteroatoms. The molecule has 1 aromatic rings. The van der Waals surface area contributed by atoms with Crippen LogP contribution in [0.5, 0.6) is 0 Å². The van der Waals surface area contributed by atoms with Crippen LogP contribution in [0.25, 0.3) is 0 Å². The van der Waals surface area contributed by atoms with Gasteiger partial charge in [-0.3, -0.25) is 0 Å². The van der Waals surface area contributed by atoms with Crippen LogP contribution in [0.4, 0.5) is 5.82 Å². The Morgan fingerprint density at radius 1 is 1.32 bits per heavy atom. The van der Waals surface area contributed by atoms with E-state index in [1.807, 2.05) is 0 Å². The Morgan fingerprint density at radius 2 is 2.16 bits per heavy atom. The molecule has 0 spiro atoms. The molecule has 0 bridgehead atoms. The van der Waals surface area contributed by atoms with E-state index in [9.17, 15) is 4.79 Å². The molecule has 1 aromatic heterocycles. The minimum Gasteiger partial charge on any atom is -0.476 e. The van der Waals surface area contributed by atoms with Crippen LogP contribution in [-0.2, 0) is 4.74 Å². The summed E-state index contributed by atoms with van der Waals surface area (Å²) in [5, 5.41) is 16.7. The van der Waals surface area contributed by atoms with Gasteiger partial charge in [0, 0.05) is 6.54 Å². The average molecular weight is 263 g/mol. The molecule has 2 fully saturated rings. The molecule has 19 heavy (non-hydrogen) atoms. The third kappa shape index (κ3) is 2.40. The molecule has 0 amide bonds. The summed E-state index contributed by atoms with van der Waals surface area (Å²) in [6.07, 6.45) is 4.92. The van der Waals surface area contributed by atoms with Crippen molar-refractivity contribution in [2.45, 2.75) is 37.8 Å². The van der Waals surface area contributed by atoms with Crippen LogP contribution in [0.2, 0.25) is 0 Å². The zero-order chi connectivity index (χ0) is 13.2. The van der Waals surface area contributed by atoms with Crippen molar-refractivity contribution < 1.29 is 14.6 Å². The van der Waals surface area contributed by atoms with E-state index in [0.717, 1.165) is 25.2 Å². The van der Waals surface area contributed by atoms with Gasteiger partial charge in [0.15, 0.2) is 11.5 Å². The SMILES string of the molecule is O=C(O)c1ccc(N2CCOC3CCCCC32)nn1. The fourth-order valence-electron chi connectivity index (χ4n) is 2.97. The second kappa shape index (κ2) is 5.13. The Morgan fingerprint density at radius 3 is 2.89 bits per heavy atom. The third-order valence-corrected chi connectivity index (χ3v) is 3.90. The highest BCUT2D eigenvalue weighted by molar-refractivity contribution is 5.85. The second-order valence-corrected chi connectivity index (χ2v) is 5.04. The predicted octanol–water partition coefficient (Wildman–Crippen LogP) is 1.32. The van der Waals surface area contributed by atoms with E-state index < -0.39 is 5.97 Å². The van der Waals surface area contributed by atoms with Gasteiger partial charge in [-0.1, -0.05) is 12.8 Å². The molecule has 1 N–H and O–H groups in total. The monoisotopic (exact) mass is 263 g/mol. The fraction of sp³-hybridized carbons (Fsp3) is 0.615. The summed E-state index contributed by atoms with van der Waals surface area (Å²) in [5.74, 6) is -0.290. The first-order valence-corrected chi connectivity index (χ1v) is 6.71. The largest absolute Gasteiger partial charge is 0.476 e. The number of rotatable bonds is 2. The van der Waals surface area contributed by atoms with E-state index in [1.165, 1.54) is 18.9 Å². The predicted molar refractivity (Wildman–Crippen MR) is 68.3 cm³/mol. The van der Waals surface area contributed by atoms with Crippen LogP contribution in [0.1, 0.15) is 36.2 Å². The zero-order valence-corrected chi connectivity index (χ0v) is 10.7. The Balaban J connectivity index is 1.81. The van der Waals surface area contributed by atoms with Crippen molar-refractivity contribution in [2.24, 2.45) is 0 Å². The molecular weight excluding hydrogens is 246 g/mol. The number of carbonyl (C=O) groups is 1. The zero-order valence-electron chi connectivity index (χ0n) is 10.7. The highest BCUT2D eigenvalue weighted by Gasteiger charge is 2.34. The quantitative estimate of drug-likeness (QED) is 0.867. The highest BCUT2D eigenvalue weighted by Crippen LogP contribution is 2.30.